The Hall–Kier alpha value is -3.40. The fourth-order valence-corrected chi connectivity index (χ4v) is 5.82. The fraction of sp³-hybridized carbons (Fsp3) is 0.250. The van der Waals surface area contributed by atoms with Gasteiger partial charge in [0.2, 0.25) is 6.41 Å². The van der Waals surface area contributed by atoms with Gasteiger partial charge in [-0.05, 0) is 46.9 Å². The Bertz CT molecular complexity index is 1510. The van der Waals surface area contributed by atoms with Crippen LogP contribution in [0.4, 0.5) is 0 Å². The van der Waals surface area contributed by atoms with E-state index in [1.807, 2.05) is 18.2 Å². The average molecular weight is 589 g/mol. The molecule has 1 unspecified atom stereocenters. The van der Waals surface area contributed by atoms with Crippen LogP contribution >= 0.6 is 23.2 Å². The first kappa shape index (κ1) is 28.6. The van der Waals surface area contributed by atoms with Crippen molar-refractivity contribution in [3.05, 3.63) is 98.5 Å². The number of rotatable bonds is 9. The Kier molecular flexibility index (Phi) is 8.94. The van der Waals surface area contributed by atoms with Crippen LogP contribution in [0, 0.1) is 0 Å². The number of esters is 1. The smallest absolute Gasteiger partial charge is 0.329 e. The zero-order valence-corrected chi connectivity index (χ0v) is 23.4. The van der Waals surface area contributed by atoms with Gasteiger partial charge in [0.1, 0.15) is 12.6 Å². The highest BCUT2D eigenvalue weighted by molar-refractivity contribution is 7.90. The van der Waals surface area contributed by atoms with Crippen LogP contribution in [0.1, 0.15) is 32.6 Å². The minimum atomic E-state index is -3.48. The molecule has 0 spiro atoms. The third-order valence-corrected chi connectivity index (χ3v) is 8.22. The Balaban J connectivity index is 1.61. The summed E-state index contributed by atoms with van der Waals surface area (Å²) in [4.78, 5) is 39.5. The van der Waals surface area contributed by atoms with Crippen molar-refractivity contribution in [3.63, 3.8) is 0 Å². The SMILES string of the molecule is CS(=O)(=O)c1cccc(CC(NC(=O)c2c(Cl)cc3c(c2Cl)CCN(C=O)C3)C(=O)OCc2ccccc2)c1. The van der Waals surface area contributed by atoms with Crippen LogP contribution in [0.25, 0.3) is 0 Å². The first-order valence-electron chi connectivity index (χ1n) is 12.1. The van der Waals surface area contributed by atoms with E-state index in [9.17, 15) is 22.8 Å². The average Bonchev–Trinajstić information content (AvgIpc) is 2.91. The summed E-state index contributed by atoms with van der Waals surface area (Å²) in [6, 6.07) is 15.7. The van der Waals surface area contributed by atoms with E-state index in [1.165, 1.54) is 12.1 Å². The number of hydrogen-bond acceptors (Lipinski definition) is 6. The molecule has 1 atom stereocenters. The van der Waals surface area contributed by atoms with Crippen molar-refractivity contribution in [3.8, 4) is 0 Å². The van der Waals surface area contributed by atoms with Crippen molar-refractivity contribution in [1.29, 1.82) is 0 Å². The molecule has 0 aromatic heterocycles. The number of carbonyl (C=O) groups excluding carboxylic acids is 3. The van der Waals surface area contributed by atoms with Gasteiger partial charge in [0.05, 0.1) is 20.5 Å². The van der Waals surface area contributed by atoms with Gasteiger partial charge in [-0.1, -0.05) is 65.7 Å². The molecule has 8 nitrogen and oxygen atoms in total. The van der Waals surface area contributed by atoms with Gasteiger partial charge in [-0.25, -0.2) is 13.2 Å². The maximum atomic E-state index is 13.4. The van der Waals surface area contributed by atoms with Gasteiger partial charge in [-0.15, -0.1) is 0 Å². The van der Waals surface area contributed by atoms with E-state index >= 15 is 0 Å². The highest BCUT2D eigenvalue weighted by Crippen LogP contribution is 2.34. The van der Waals surface area contributed by atoms with Crippen LogP contribution in [0.2, 0.25) is 10.0 Å². The van der Waals surface area contributed by atoms with Crippen molar-refractivity contribution < 1.29 is 27.5 Å². The number of benzene rings is 3. The summed E-state index contributed by atoms with van der Waals surface area (Å²) < 4.78 is 29.6. The van der Waals surface area contributed by atoms with E-state index in [2.05, 4.69) is 5.32 Å². The quantitative estimate of drug-likeness (QED) is 0.299. The van der Waals surface area contributed by atoms with E-state index < -0.39 is 27.8 Å². The molecule has 0 fully saturated rings. The number of hydrogen-bond donors (Lipinski definition) is 1. The van der Waals surface area contributed by atoms with Gasteiger partial charge in [-0.3, -0.25) is 9.59 Å². The van der Waals surface area contributed by atoms with E-state index in [0.717, 1.165) is 23.8 Å². The molecule has 0 aliphatic carbocycles. The number of nitrogens with one attached hydrogen (secondary N) is 1. The van der Waals surface area contributed by atoms with Gasteiger partial charge < -0.3 is 15.0 Å². The Morgan fingerprint density at radius 3 is 2.49 bits per heavy atom. The van der Waals surface area contributed by atoms with Crippen molar-refractivity contribution in [2.24, 2.45) is 0 Å². The van der Waals surface area contributed by atoms with E-state index in [0.29, 0.717) is 30.6 Å². The summed E-state index contributed by atoms with van der Waals surface area (Å²) in [6.07, 6.45) is 2.26. The number of fused-ring (bicyclic) bond motifs is 1. The van der Waals surface area contributed by atoms with Gasteiger partial charge in [-0.2, -0.15) is 0 Å². The molecule has 0 bridgehead atoms. The lowest BCUT2D eigenvalue weighted by molar-refractivity contribution is -0.147. The summed E-state index contributed by atoms with van der Waals surface area (Å²) in [5, 5.41) is 2.93. The molecule has 3 aromatic rings. The molecule has 204 valence electrons. The van der Waals surface area contributed by atoms with Crippen molar-refractivity contribution in [2.45, 2.75) is 36.9 Å². The molecule has 1 N–H and O–H groups in total. The second-order valence-corrected chi connectivity index (χ2v) is 12.1. The highest BCUT2D eigenvalue weighted by atomic mass is 35.5. The van der Waals surface area contributed by atoms with Crippen LogP contribution < -0.4 is 5.32 Å². The van der Waals surface area contributed by atoms with Crippen LogP contribution in [0.15, 0.2) is 65.6 Å². The minimum Gasteiger partial charge on any atom is -0.459 e. The summed E-state index contributed by atoms with van der Waals surface area (Å²) in [6.45, 7) is 0.762. The number of amides is 2. The lowest BCUT2D eigenvalue weighted by atomic mass is 9.96. The normalized spacial score (nSPS) is 13.8. The Morgan fingerprint density at radius 2 is 1.79 bits per heavy atom. The molecule has 1 aliphatic rings. The monoisotopic (exact) mass is 588 g/mol. The summed E-state index contributed by atoms with van der Waals surface area (Å²) in [5.41, 5.74) is 2.75. The minimum absolute atomic E-state index is 0.0109. The standard InChI is InChI=1S/C28H26Cl2N2O6S/c1-39(36,37)21-9-5-8-19(12-21)13-24(28(35)38-16-18-6-3-2-4-7-18)31-27(34)25-23(29)14-20-15-32(17-33)11-10-22(20)26(25)30/h2-9,12,14,17,24H,10-11,13,15-16H2,1H3,(H,31,34). The number of ether oxygens (including phenoxy) is 1. The van der Waals surface area contributed by atoms with Crippen molar-refractivity contribution in [1.82, 2.24) is 10.2 Å². The molecular formula is C28H26Cl2N2O6S. The first-order chi connectivity index (χ1) is 18.6. The third-order valence-electron chi connectivity index (χ3n) is 6.39. The van der Waals surface area contributed by atoms with Crippen molar-refractivity contribution in [2.75, 3.05) is 12.8 Å². The predicted octanol–water partition coefficient (Wildman–Crippen LogP) is 4.00. The predicted molar refractivity (Wildman–Crippen MR) is 147 cm³/mol. The van der Waals surface area contributed by atoms with E-state index in [-0.39, 0.29) is 33.5 Å². The van der Waals surface area contributed by atoms with Gasteiger partial charge >= 0.3 is 5.97 Å². The second-order valence-electron chi connectivity index (χ2n) is 9.25. The van der Waals surface area contributed by atoms with E-state index in [4.69, 9.17) is 27.9 Å². The lowest BCUT2D eigenvalue weighted by Gasteiger charge is -2.27. The number of nitrogens with zero attached hydrogens (tertiary/aromatic N) is 1. The van der Waals surface area contributed by atoms with Gasteiger partial charge in [0, 0.05) is 25.8 Å². The molecule has 1 heterocycles. The lowest BCUT2D eigenvalue weighted by Crippen LogP contribution is -2.43. The van der Waals surface area contributed by atoms with Crippen LogP contribution in [-0.4, -0.2) is 50.4 Å². The summed E-state index contributed by atoms with van der Waals surface area (Å²) >= 11 is 13.1. The van der Waals surface area contributed by atoms with Crippen LogP contribution in [0.5, 0.6) is 0 Å². The number of halogens is 2. The maximum absolute atomic E-state index is 13.4. The zero-order valence-electron chi connectivity index (χ0n) is 21.0. The summed E-state index contributed by atoms with van der Waals surface area (Å²) in [5.74, 6) is -1.38. The number of carbonyl (C=O) groups is 3. The maximum Gasteiger partial charge on any atom is 0.329 e. The van der Waals surface area contributed by atoms with Gasteiger partial charge in [0.25, 0.3) is 5.91 Å². The highest BCUT2D eigenvalue weighted by Gasteiger charge is 2.29. The molecule has 39 heavy (non-hydrogen) atoms. The molecule has 2 amide bonds. The molecule has 0 saturated carbocycles. The van der Waals surface area contributed by atoms with Crippen LogP contribution in [0.3, 0.4) is 0 Å². The molecule has 0 saturated heterocycles. The number of sulfone groups is 1. The Labute approximate surface area is 236 Å². The van der Waals surface area contributed by atoms with Gasteiger partial charge in [0.15, 0.2) is 9.84 Å². The second kappa shape index (κ2) is 12.2. The largest absolute Gasteiger partial charge is 0.459 e. The molecule has 11 heteroatoms. The van der Waals surface area contributed by atoms with E-state index in [1.54, 1.807) is 35.2 Å². The fourth-order valence-electron chi connectivity index (χ4n) is 4.36. The molecular weight excluding hydrogens is 563 g/mol. The van der Waals surface area contributed by atoms with Crippen LogP contribution in [-0.2, 0) is 50.2 Å². The molecule has 4 rings (SSSR count). The Morgan fingerprint density at radius 1 is 1.08 bits per heavy atom. The third kappa shape index (κ3) is 6.98. The first-order valence-corrected chi connectivity index (χ1v) is 14.7. The molecule has 0 radical (unpaired) electrons. The molecule has 3 aromatic carbocycles. The summed E-state index contributed by atoms with van der Waals surface area (Å²) in [7, 11) is -3.48. The topological polar surface area (TPSA) is 110 Å². The zero-order chi connectivity index (χ0) is 28.2. The molecule has 1 aliphatic heterocycles. The van der Waals surface area contributed by atoms with Crippen molar-refractivity contribution >= 4 is 51.3 Å².